The van der Waals surface area contributed by atoms with Crippen molar-refractivity contribution >= 4 is 53.1 Å². The number of imidazole rings is 1. The minimum Gasteiger partial charge on any atom is -0.406 e. The van der Waals surface area contributed by atoms with Crippen molar-refractivity contribution in [2.24, 2.45) is 0 Å². The maximum absolute atomic E-state index is 6.93. The van der Waals surface area contributed by atoms with E-state index in [0.717, 1.165) is 0 Å². The Hall–Kier alpha value is -2.25. The number of halogens is 2. The molecule has 5 nitrogen and oxygen atoms in total. The van der Waals surface area contributed by atoms with E-state index in [4.69, 9.17) is 27.6 Å². The van der Waals surface area contributed by atoms with E-state index in [2.05, 4.69) is 84.3 Å². The summed E-state index contributed by atoms with van der Waals surface area (Å²) in [4.78, 5) is 12.5. The van der Waals surface area contributed by atoms with Crippen molar-refractivity contribution in [1.82, 2.24) is 19.5 Å². The zero-order chi connectivity index (χ0) is 22.1. The summed E-state index contributed by atoms with van der Waals surface area (Å²) in [6, 6.07) is 21.2. The number of fused-ring (bicyclic) bond motifs is 1. The van der Waals surface area contributed by atoms with Crippen LogP contribution in [0.3, 0.4) is 0 Å². The fraction of sp³-hybridized carbons (Fsp3) is 0.261. The minimum absolute atomic E-state index is 0.0823. The Morgan fingerprint density at radius 3 is 2.03 bits per heavy atom. The maximum Gasteiger partial charge on any atom is 0.261 e. The highest BCUT2D eigenvalue weighted by Crippen LogP contribution is 2.36. The fourth-order valence-electron chi connectivity index (χ4n) is 4.14. The van der Waals surface area contributed by atoms with Gasteiger partial charge in [-0.1, -0.05) is 93.0 Å². The summed E-state index contributed by atoms with van der Waals surface area (Å²) in [5, 5.41) is 2.79. The van der Waals surface area contributed by atoms with Crippen LogP contribution in [0.4, 0.5) is 0 Å². The van der Waals surface area contributed by atoms with Gasteiger partial charge in [0, 0.05) is 6.54 Å². The summed E-state index contributed by atoms with van der Waals surface area (Å²) < 4.78 is 8.85. The van der Waals surface area contributed by atoms with E-state index in [1.165, 1.54) is 10.4 Å². The van der Waals surface area contributed by atoms with Crippen LogP contribution in [0.2, 0.25) is 15.5 Å². The molecule has 0 fully saturated rings. The smallest absolute Gasteiger partial charge is 0.261 e. The van der Waals surface area contributed by atoms with Gasteiger partial charge < -0.3 is 8.99 Å². The third kappa shape index (κ3) is 4.13. The van der Waals surface area contributed by atoms with Crippen molar-refractivity contribution in [3.05, 3.63) is 77.4 Å². The molecule has 2 aromatic heterocycles. The van der Waals surface area contributed by atoms with Crippen molar-refractivity contribution in [3.8, 4) is 0 Å². The molecule has 0 radical (unpaired) electrons. The number of aromatic nitrogens is 4. The quantitative estimate of drug-likeness (QED) is 0.232. The molecule has 160 valence electrons. The predicted octanol–water partition coefficient (Wildman–Crippen LogP) is 4.71. The summed E-state index contributed by atoms with van der Waals surface area (Å²) in [5.74, 6) is 0. The number of hydrogen-bond acceptors (Lipinski definition) is 4. The molecule has 31 heavy (non-hydrogen) atoms. The average molecular weight is 471 g/mol. The largest absolute Gasteiger partial charge is 0.406 e. The molecule has 2 heterocycles. The molecular formula is C23H24Cl2N4OSi. The minimum atomic E-state index is -2.59. The lowest BCUT2D eigenvalue weighted by molar-refractivity contribution is 0.282. The number of hydrogen-bond donors (Lipinski definition) is 0. The maximum atomic E-state index is 6.93. The molecule has 0 spiro atoms. The average Bonchev–Trinajstić information content (AvgIpc) is 3.14. The highest BCUT2D eigenvalue weighted by molar-refractivity contribution is 6.99. The van der Waals surface area contributed by atoms with Crippen molar-refractivity contribution in [2.75, 3.05) is 6.61 Å². The first kappa shape index (κ1) is 22.0. The van der Waals surface area contributed by atoms with Gasteiger partial charge in [0.2, 0.25) is 5.28 Å². The molecule has 8 heteroatoms. The molecule has 0 aliphatic rings. The van der Waals surface area contributed by atoms with Crippen molar-refractivity contribution in [2.45, 2.75) is 32.4 Å². The summed E-state index contributed by atoms with van der Waals surface area (Å²) in [5.41, 5.74) is 1.15. The molecular weight excluding hydrogens is 447 g/mol. The van der Waals surface area contributed by atoms with Crippen LogP contribution in [0.1, 0.15) is 20.8 Å². The summed E-state index contributed by atoms with van der Waals surface area (Å²) in [7, 11) is -2.59. The Morgan fingerprint density at radius 1 is 0.903 bits per heavy atom. The standard InChI is InChI=1S/C23H24Cl2N4OSi/c1-23(2,3)31(17-10-6-4-7-11-17,18-12-8-5-9-13-18)30-15-14-29-16-26-21-19(29)20(24)27-22(25)28-21/h4-13,16H,14-15H2,1-3H3. The number of rotatable bonds is 6. The predicted molar refractivity (Wildman–Crippen MR) is 129 cm³/mol. The molecule has 0 bridgehead atoms. The van der Waals surface area contributed by atoms with Crippen LogP contribution >= 0.6 is 23.2 Å². The second-order valence-corrected chi connectivity index (χ2v) is 13.4. The third-order valence-electron chi connectivity index (χ3n) is 5.47. The molecule has 0 unspecified atom stereocenters. The van der Waals surface area contributed by atoms with Gasteiger partial charge in [-0.2, -0.15) is 4.98 Å². The normalized spacial score (nSPS) is 12.4. The third-order valence-corrected chi connectivity index (χ3v) is 10.9. The Morgan fingerprint density at radius 2 is 1.48 bits per heavy atom. The van der Waals surface area contributed by atoms with Gasteiger partial charge in [-0.15, -0.1) is 0 Å². The second-order valence-electron chi connectivity index (χ2n) is 8.41. The lowest BCUT2D eigenvalue weighted by Gasteiger charge is -2.43. The molecule has 4 aromatic rings. The lowest BCUT2D eigenvalue weighted by atomic mass is 10.2. The zero-order valence-corrected chi connectivity index (χ0v) is 20.2. The van der Waals surface area contributed by atoms with E-state index < -0.39 is 8.32 Å². The van der Waals surface area contributed by atoms with Gasteiger partial charge in [-0.25, -0.2) is 9.97 Å². The van der Waals surface area contributed by atoms with Gasteiger partial charge in [0.05, 0.1) is 12.9 Å². The zero-order valence-electron chi connectivity index (χ0n) is 17.7. The molecule has 0 saturated carbocycles. The van der Waals surface area contributed by atoms with Crippen molar-refractivity contribution in [1.29, 1.82) is 0 Å². The highest BCUT2D eigenvalue weighted by atomic mass is 35.5. The monoisotopic (exact) mass is 470 g/mol. The van der Waals surface area contributed by atoms with Crippen molar-refractivity contribution in [3.63, 3.8) is 0 Å². The summed E-state index contributed by atoms with van der Waals surface area (Å²) in [6.07, 6.45) is 1.70. The topological polar surface area (TPSA) is 52.8 Å². The molecule has 0 atom stereocenters. The second kappa shape index (κ2) is 8.71. The van der Waals surface area contributed by atoms with Crippen molar-refractivity contribution < 1.29 is 4.43 Å². The Kier molecular flexibility index (Phi) is 6.17. The Labute approximate surface area is 193 Å². The first-order chi connectivity index (χ1) is 14.8. The van der Waals surface area contributed by atoms with Crippen LogP contribution in [0, 0.1) is 0 Å². The van der Waals surface area contributed by atoms with Gasteiger partial charge in [-0.05, 0) is 27.0 Å². The first-order valence-electron chi connectivity index (χ1n) is 10.1. The van der Waals surface area contributed by atoms with Crippen LogP contribution in [0.25, 0.3) is 11.2 Å². The molecule has 0 aliphatic heterocycles. The molecule has 0 saturated heterocycles. The van der Waals surface area contributed by atoms with E-state index in [1.54, 1.807) is 6.33 Å². The van der Waals surface area contributed by atoms with Crippen LogP contribution in [-0.2, 0) is 11.0 Å². The molecule has 0 amide bonds. The van der Waals surface area contributed by atoms with Crippen LogP contribution in [0.5, 0.6) is 0 Å². The van der Waals surface area contributed by atoms with E-state index in [1.807, 2.05) is 16.7 Å². The van der Waals surface area contributed by atoms with Crippen LogP contribution in [0.15, 0.2) is 67.0 Å². The highest BCUT2D eigenvalue weighted by Gasteiger charge is 2.50. The van der Waals surface area contributed by atoms with Crippen LogP contribution < -0.4 is 10.4 Å². The number of nitrogens with zero attached hydrogens (tertiary/aromatic N) is 4. The first-order valence-corrected chi connectivity index (χ1v) is 12.8. The molecule has 4 rings (SSSR count). The van der Waals surface area contributed by atoms with Gasteiger partial charge in [0.1, 0.15) is 5.52 Å². The lowest BCUT2D eigenvalue weighted by Crippen LogP contribution is -2.66. The van der Waals surface area contributed by atoms with E-state index in [0.29, 0.717) is 24.3 Å². The van der Waals surface area contributed by atoms with Gasteiger partial charge >= 0.3 is 0 Å². The van der Waals surface area contributed by atoms with Gasteiger partial charge in [0.25, 0.3) is 8.32 Å². The summed E-state index contributed by atoms with van der Waals surface area (Å²) >= 11 is 12.2. The van der Waals surface area contributed by atoms with E-state index in [9.17, 15) is 0 Å². The molecule has 0 N–H and O–H groups in total. The van der Waals surface area contributed by atoms with E-state index in [-0.39, 0.29) is 15.5 Å². The van der Waals surface area contributed by atoms with Gasteiger partial charge in [-0.3, -0.25) is 0 Å². The summed E-state index contributed by atoms with van der Waals surface area (Å²) in [6.45, 7) is 7.86. The Bertz CT molecular complexity index is 1140. The number of benzene rings is 2. The fourth-order valence-corrected chi connectivity index (χ4v) is 9.17. The SMILES string of the molecule is CC(C)(C)[Si](OCCn1cnc2nc(Cl)nc(Cl)c21)(c1ccccc1)c1ccccc1. The molecule has 2 aromatic carbocycles. The van der Waals surface area contributed by atoms with Gasteiger partial charge in [0.15, 0.2) is 10.8 Å². The molecule has 0 aliphatic carbocycles. The van der Waals surface area contributed by atoms with Crippen LogP contribution in [-0.4, -0.2) is 34.4 Å². The van der Waals surface area contributed by atoms with E-state index >= 15 is 0 Å². The Balaban J connectivity index is 1.71.